The molecule has 9 heteroatoms. The Morgan fingerprint density at radius 1 is 0.925 bits per heavy atom. The molecule has 40 heavy (non-hydrogen) atoms. The number of rotatable bonds is 10. The Hall–Kier alpha value is -3.72. The first-order valence-corrected chi connectivity index (χ1v) is 14.9. The van der Waals surface area contributed by atoms with Gasteiger partial charge in [-0.15, -0.1) is 0 Å². The van der Waals surface area contributed by atoms with Crippen LogP contribution in [0.15, 0.2) is 72.8 Å². The summed E-state index contributed by atoms with van der Waals surface area (Å²) in [4.78, 5) is 29.1. The van der Waals surface area contributed by atoms with Gasteiger partial charge in [-0.05, 0) is 63.4 Å². The highest BCUT2D eigenvalue weighted by Gasteiger charge is 2.35. The number of nitrogens with zero attached hydrogens (tertiary/aromatic N) is 2. The number of amides is 2. The fourth-order valence-corrected chi connectivity index (χ4v) is 5.32. The molecular formula is C31H38FN3O4S. The SMILES string of the molecule is Cc1cccc(N(CC(=O)N(Cc2ccccc2F)C(Cc2ccccc2)C(=O)NC(C)(C)C)S(C)(=O)=O)c1C. The van der Waals surface area contributed by atoms with E-state index in [1.807, 2.05) is 64.1 Å². The van der Waals surface area contributed by atoms with E-state index in [0.29, 0.717) is 11.3 Å². The minimum absolute atomic E-state index is 0.158. The van der Waals surface area contributed by atoms with Gasteiger partial charge in [-0.1, -0.05) is 60.7 Å². The quantitative estimate of drug-likeness (QED) is 0.383. The first-order valence-electron chi connectivity index (χ1n) is 13.1. The molecule has 0 aliphatic heterocycles. The number of nitrogens with one attached hydrogen (secondary N) is 1. The second-order valence-corrected chi connectivity index (χ2v) is 13.0. The summed E-state index contributed by atoms with van der Waals surface area (Å²) in [7, 11) is -3.89. The normalized spacial score (nSPS) is 12.5. The van der Waals surface area contributed by atoms with Gasteiger partial charge in [-0.3, -0.25) is 13.9 Å². The molecule has 3 aromatic carbocycles. The van der Waals surface area contributed by atoms with Crippen LogP contribution >= 0.6 is 0 Å². The molecule has 0 saturated carbocycles. The lowest BCUT2D eigenvalue weighted by molar-refractivity contribution is -0.140. The lowest BCUT2D eigenvalue weighted by Gasteiger charge is -2.35. The van der Waals surface area contributed by atoms with E-state index >= 15 is 0 Å². The summed E-state index contributed by atoms with van der Waals surface area (Å²) in [6.45, 7) is 8.38. The molecule has 0 saturated heterocycles. The highest BCUT2D eigenvalue weighted by molar-refractivity contribution is 7.92. The van der Waals surface area contributed by atoms with Crippen molar-refractivity contribution in [1.82, 2.24) is 10.2 Å². The molecule has 7 nitrogen and oxygen atoms in total. The summed E-state index contributed by atoms with van der Waals surface area (Å²) in [5, 5.41) is 2.95. The third-order valence-electron chi connectivity index (χ3n) is 6.59. The molecule has 0 aliphatic rings. The van der Waals surface area contributed by atoms with Gasteiger partial charge in [0, 0.05) is 24.1 Å². The Kier molecular flexibility index (Phi) is 9.73. The summed E-state index contributed by atoms with van der Waals surface area (Å²) in [5.74, 6) is -1.57. The van der Waals surface area contributed by atoms with Crippen molar-refractivity contribution in [1.29, 1.82) is 0 Å². The van der Waals surface area contributed by atoms with E-state index in [9.17, 15) is 22.4 Å². The summed E-state index contributed by atoms with van der Waals surface area (Å²) in [6, 6.07) is 19.5. The van der Waals surface area contributed by atoms with Crippen LogP contribution in [0.2, 0.25) is 0 Å². The Bertz CT molecular complexity index is 1450. The van der Waals surface area contributed by atoms with Crippen LogP contribution in [0, 0.1) is 19.7 Å². The van der Waals surface area contributed by atoms with Gasteiger partial charge < -0.3 is 10.2 Å². The van der Waals surface area contributed by atoms with E-state index in [4.69, 9.17) is 0 Å². The molecule has 0 bridgehead atoms. The van der Waals surface area contributed by atoms with Gasteiger partial charge in [0.2, 0.25) is 21.8 Å². The summed E-state index contributed by atoms with van der Waals surface area (Å²) < 4.78 is 41.8. The standard InChI is InChI=1S/C31H38FN3O4S/c1-22-13-12-18-27(23(22)2)35(40(6,38)39)21-29(36)34(20-25-16-10-11-17-26(25)32)28(30(37)33-31(3,4)5)19-24-14-8-7-9-15-24/h7-18,28H,19-21H2,1-6H3,(H,33,37). The number of aryl methyl sites for hydroxylation is 1. The van der Waals surface area contributed by atoms with Crippen LogP contribution in [0.5, 0.6) is 0 Å². The molecule has 0 aromatic heterocycles. The van der Waals surface area contributed by atoms with Crippen LogP contribution < -0.4 is 9.62 Å². The van der Waals surface area contributed by atoms with E-state index in [1.54, 1.807) is 37.3 Å². The second-order valence-electron chi connectivity index (χ2n) is 11.0. The molecule has 0 aliphatic carbocycles. The molecular weight excluding hydrogens is 529 g/mol. The number of anilines is 1. The smallest absolute Gasteiger partial charge is 0.244 e. The number of sulfonamides is 1. The van der Waals surface area contributed by atoms with Gasteiger partial charge in [-0.25, -0.2) is 12.8 Å². The zero-order chi connectivity index (χ0) is 29.7. The second kappa shape index (κ2) is 12.6. The average molecular weight is 568 g/mol. The predicted octanol–water partition coefficient (Wildman–Crippen LogP) is 4.76. The van der Waals surface area contributed by atoms with Gasteiger partial charge in [0.05, 0.1) is 11.9 Å². The van der Waals surface area contributed by atoms with E-state index < -0.39 is 45.8 Å². The third kappa shape index (κ3) is 8.14. The minimum Gasteiger partial charge on any atom is -0.350 e. The van der Waals surface area contributed by atoms with Gasteiger partial charge in [0.15, 0.2) is 0 Å². The van der Waals surface area contributed by atoms with Crippen molar-refractivity contribution in [2.45, 2.75) is 59.2 Å². The zero-order valence-corrected chi connectivity index (χ0v) is 24.8. The van der Waals surface area contributed by atoms with E-state index in [2.05, 4.69) is 5.32 Å². The molecule has 1 atom stereocenters. The van der Waals surface area contributed by atoms with E-state index in [1.165, 1.54) is 11.0 Å². The van der Waals surface area contributed by atoms with Crippen molar-refractivity contribution in [2.75, 3.05) is 17.1 Å². The summed E-state index contributed by atoms with van der Waals surface area (Å²) >= 11 is 0. The van der Waals surface area contributed by atoms with Crippen LogP contribution in [0.1, 0.15) is 43.0 Å². The van der Waals surface area contributed by atoms with Crippen molar-refractivity contribution >= 4 is 27.5 Å². The first-order chi connectivity index (χ1) is 18.7. The molecule has 2 amide bonds. The van der Waals surface area contributed by atoms with E-state index in [0.717, 1.165) is 21.7 Å². The first kappa shape index (κ1) is 30.8. The Labute approximate surface area is 237 Å². The molecule has 214 valence electrons. The third-order valence-corrected chi connectivity index (χ3v) is 7.72. The average Bonchev–Trinajstić information content (AvgIpc) is 2.86. The van der Waals surface area contributed by atoms with Crippen LogP contribution in [0.25, 0.3) is 0 Å². The fourth-order valence-electron chi connectivity index (χ4n) is 4.42. The Morgan fingerprint density at radius 2 is 1.55 bits per heavy atom. The predicted molar refractivity (Wildman–Crippen MR) is 157 cm³/mol. The molecule has 3 aromatic rings. The number of hydrogen-bond donors (Lipinski definition) is 1. The Morgan fingerprint density at radius 3 is 2.15 bits per heavy atom. The fraction of sp³-hybridized carbons (Fsp3) is 0.355. The lowest BCUT2D eigenvalue weighted by atomic mass is 10.0. The largest absolute Gasteiger partial charge is 0.350 e. The zero-order valence-electron chi connectivity index (χ0n) is 23.9. The molecule has 0 fully saturated rings. The number of halogens is 1. The highest BCUT2D eigenvalue weighted by Crippen LogP contribution is 2.26. The molecule has 0 radical (unpaired) electrons. The summed E-state index contributed by atoms with van der Waals surface area (Å²) in [5.41, 5.74) is 2.38. The van der Waals surface area contributed by atoms with Crippen molar-refractivity contribution < 1.29 is 22.4 Å². The molecule has 0 spiro atoms. The molecule has 0 heterocycles. The lowest BCUT2D eigenvalue weighted by Crippen LogP contribution is -2.56. The van der Waals surface area contributed by atoms with Crippen LogP contribution in [0.4, 0.5) is 10.1 Å². The van der Waals surface area contributed by atoms with Crippen molar-refractivity contribution in [3.63, 3.8) is 0 Å². The maximum atomic E-state index is 14.8. The summed E-state index contributed by atoms with van der Waals surface area (Å²) in [6.07, 6.45) is 1.20. The van der Waals surface area contributed by atoms with Crippen LogP contribution in [0.3, 0.4) is 0 Å². The minimum atomic E-state index is -3.89. The van der Waals surface area contributed by atoms with Crippen LogP contribution in [-0.4, -0.2) is 49.5 Å². The highest BCUT2D eigenvalue weighted by atomic mass is 32.2. The molecule has 3 rings (SSSR count). The van der Waals surface area contributed by atoms with Gasteiger partial charge >= 0.3 is 0 Å². The van der Waals surface area contributed by atoms with Gasteiger partial charge in [0.25, 0.3) is 0 Å². The number of hydrogen-bond acceptors (Lipinski definition) is 4. The van der Waals surface area contributed by atoms with Crippen LogP contribution in [-0.2, 0) is 32.6 Å². The monoisotopic (exact) mass is 567 g/mol. The number of carbonyl (C=O) groups is 2. The van der Waals surface area contributed by atoms with Crippen molar-refractivity contribution in [3.8, 4) is 0 Å². The molecule has 1 N–H and O–H groups in total. The number of benzene rings is 3. The van der Waals surface area contributed by atoms with E-state index in [-0.39, 0.29) is 18.5 Å². The van der Waals surface area contributed by atoms with Crippen molar-refractivity contribution in [2.24, 2.45) is 0 Å². The maximum absolute atomic E-state index is 14.8. The maximum Gasteiger partial charge on any atom is 0.244 e. The van der Waals surface area contributed by atoms with Crippen molar-refractivity contribution in [3.05, 3.63) is 101 Å². The van der Waals surface area contributed by atoms with Gasteiger partial charge in [-0.2, -0.15) is 0 Å². The Balaban J connectivity index is 2.11. The number of carbonyl (C=O) groups excluding carboxylic acids is 2. The van der Waals surface area contributed by atoms with Gasteiger partial charge in [0.1, 0.15) is 18.4 Å². The molecule has 1 unspecified atom stereocenters. The topological polar surface area (TPSA) is 86.8 Å².